The Kier molecular flexibility index (Phi) is 6.30. The van der Waals surface area contributed by atoms with Crippen LogP contribution in [0.25, 0.3) is 0 Å². The second-order valence-electron chi connectivity index (χ2n) is 4.95. The summed E-state index contributed by atoms with van der Waals surface area (Å²) in [6.07, 6.45) is 0. The number of aliphatic hydroxyl groups excluding tert-OH is 1. The van der Waals surface area contributed by atoms with Gasteiger partial charge in [-0.3, -0.25) is 4.90 Å². The molecule has 1 aromatic rings. The van der Waals surface area contributed by atoms with Crippen molar-refractivity contribution in [2.45, 2.75) is 0 Å². The summed E-state index contributed by atoms with van der Waals surface area (Å²) in [6, 6.07) is 9.50. The van der Waals surface area contributed by atoms with Gasteiger partial charge in [-0.05, 0) is 12.1 Å². The van der Waals surface area contributed by atoms with Crippen LogP contribution in [-0.2, 0) is 0 Å². The Morgan fingerprint density at radius 1 is 1.19 bits per heavy atom. The van der Waals surface area contributed by atoms with E-state index in [1.54, 1.807) is 4.90 Å². The van der Waals surface area contributed by atoms with Gasteiger partial charge in [0, 0.05) is 32.7 Å². The van der Waals surface area contributed by atoms with Crippen LogP contribution in [-0.4, -0.2) is 73.4 Å². The lowest BCUT2D eigenvalue weighted by Crippen LogP contribution is -2.52. The van der Waals surface area contributed by atoms with E-state index in [0.29, 0.717) is 32.8 Å². The van der Waals surface area contributed by atoms with Crippen LogP contribution in [0.15, 0.2) is 30.3 Å². The van der Waals surface area contributed by atoms with Crippen LogP contribution in [0.5, 0.6) is 5.75 Å². The number of rotatable bonds is 6. The van der Waals surface area contributed by atoms with E-state index in [4.69, 9.17) is 9.84 Å². The molecule has 116 valence electrons. The minimum absolute atomic E-state index is 0.0460. The summed E-state index contributed by atoms with van der Waals surface area (Å²) in [5, 5.41) is 11.7. The molecule has 1 fully saturated rings. The molecule has 0 radical (unpaired) electrons. The van der Waals surface area contributed by atoms with Crippen LogP contribution in [0.2, 0.25) is 0 Å². The van der Waals surface area contributed by atoms with Crippen LogP contribution in [0.1, 0.15) is 0 Å². The molecule has 1 aliphatic rings. The topological polar surface area (TPSA) is 65.0 Å². The van der Waals surface area contributed by atoms with Crippen molar-refractivity contribution in [2.75, 3.05) is 52.5 Å². The van der Waals surface area contributed by atoms with Crippen LogP contribution in [0.3, 0.4) is 0 Å². The number of para-hydroxylation sites is 1. The predicted molar refractivity (Wildman–Crippen MR) is 80.4 cm³/mol. The minimum Gasteiger partial charge on any atom is -0.492 e. The summed E-state index contributed by atoms with van der Waals surface area (Å²) in [6.45, 7) is 4.83. The molecule has 0 aliphatic carbocycles. The fourth-order valence-electron chi connectivity index (χ4n) is 2.27. The summed E-state index contributed by atoms with van der Waals surface area (Å²) in [5.41, 5.74) is 0. The molecule has 0 spiro atoms. The van der Waals surface area contributed by atoms with Crippen molar-refractivity contribution in [1.82, 2.24) is 15.1 Å². The molecular formula is C15H23N3O3. The number of nitrogens with zero attached hydrogens (tertiary/aromatic N) is 2. The predicted octanol–water partition coefficient (Wildman–Crippen LogP) is 0.385. The Hall–Kier alpha value is -1.79. The third-order valence-corrected chi connectivity index (χ3v) is 3.47. The minimum atomic E-state index is -0.0460. The first kappa shape index (κ1) is 15.6. The van der Waals surface area contributed by atoms with Gasteiger partial charge in [-0.25, -0.2) is 4.79 Å². The molecule has 0 saturated carbocycles. The van der Waals surface area contributed by atoms with E-state index in [-0.39, 0.29) is 12.6 Å². The maximum Gasteiger partial charge on any atom is 0.317 e. The van der Waals surface area contributed by atoms with Crippen LogP contribution < -0.4 is 10.1 Å². The monoisotopic (exact) mass is 293 g/mol. The molecule has 21 heavy (non-hydrogen) atoms. The molecule has 2 amide bonds. The molecule has 1 aliphatic heterocycles. The number of amides is 2. The lowest BCUT2D eigenvalue weighted by molar-refractivity contribution is 0.121. The number of β-amino-alcohol motifs (C(OH)–C–C–N with tert-alkyl or cyclic N) is 1. The number of hydrogen-bond acceptors (Lipinski definition) is 4. The van der Waals surface area contributed by atoms with Crippen molar-refractivity contribution in [3.8, 4) is 5.75 Å². The highest BCUT2D eigenvalue weighted by molar-refractivity contribution is 5.74. The average Bonchev–Trinajstić information content (AvgIpc) is 2.53. The maximum atomic E-state index is 12.0. The van der Waals surface area contributed by atoms with Crippen molar-refractivity contribution in [1.29, 1.82) is 0 Å². The number of hydrogen-bond donors (Lipinski definition) is 2. The van der Waals surface area contributed by atoms with Gasteiger partial charge in [0.15, 0.2) is 0 Å². The summed E-state index contributed by atoms with van der Waals surface area (Å²) in [4.78, 5) is 15.9. The highest BCUT2D eigenvalue weighted by atomic mass is 16.5. The van der Waals surface area contributed by atoms with Gasteiger partial charge >= 0.3 is 6.03 Å². The van der Waals surface area contributed by atoms with E-state index < -0.39 is 0 Å². The van der Waals surface area contributed by atoms with Crippen molar-refractivity contribution in [3.63, 3.8) is 0 Å². The van der Waals surface area contributed by atoms with E-state index in [9.17, 15) is 4.79 Å². The summed E-state index contributed by atoms with van der Waals surface area (Å²) in [7, 11) is 0. The number of piperazine rings is 1. The Morgan fingerprint density at radius 2 is 1.90 bits per heavy atom. The number of nitrogens with one attached hydrogen (secondary N) is 1. The number of urea groups is 1. The zero-order valence-corrected chi connectivity index (χ0v) is 12.2. The van der Waals surface area contributed by atoms with Crippen LogP contribution in [0.4, 0.5) is 4.79 Å². The number of benzene rings is 1. The van der Waals surface area contributed by atoms with E-state index in [0.717, 1.165) is 18.8 Å². The third kappa shape index (κ3) is 5.24. The van der Waals surface area contributed by atoms with Gasteiger partial charge in [0.2, 0.25) is 0 Å². The van der Waals surface area contributed by atoms with Gasteiger partial charge in [-0.2, -0.15) is 0 Å². The molecule has 1 aromatic carbocycles. The zero-order valence-electron chi connectivity index (χ0n) is 12.2. The first-order valence-electron chi connectivity index (χ1n) is 7.33. The van der Waals surface area contributed by atoms with Crippen molar-refractivity contribution < 1.29 is 14.6 Å². The Balaban J connectivity index is 1.60. The van der Waals surface area contributed by atoms with Crippen molar-refractivity contribution >= 4 is 6.03 Å². The van der Waals surface area contributed by atoms with E-state index in [2.05, 4.69) is 10.2 Å². The summed E-state index contributed by atoms with van der Waals surface area (Å²) in [5.74, 6) is 0.810. The van der Waals surface area contributed by atoms with Gasteiger partial charge in [-0.15, -0.1) is 0 Å². The molecular weight excluding hydrogens is 270 g/mol. The number of ether oxygens (including phenoxy) is 1. The molecule has 2 N–H and O–H groups in total. The van der Waals surface area contributed by atoms with Gasteiger partial charge in [0.1, 0.15) is 12.4 Å². The zero-order chi connectivity index (χ0) is 14.9. The fraction of sp³-hybridized carbons (Fsp3) is 0.533. The molecule has 6 nitrogen and oxygen atoms in total. The molecule has 0 atom stereocenters. The Bertz CT molecular complexity index is 419. The SMILES string of the molecule is O=C(NCCOc1ccccc1)N1CCN(CCO)CC1. The highest BCUT2D eigenvalue weighted by Crippen LogP contribution is 2.07. The fourth-order valence-corrected chi connectivity index (χ4v) is 2.27. The highest BCUT2D eigenvalue weighted by Gasteiger charge is 2.20. The van der Waals surface area contributed by atoms with Crippen molar-refractivity contribution in [2.24, 2.45) is 0 Å². The molecule has 0 unspecified atom stereocenters. The summed E-state index contributed by atoms with van der Waals surface area (Å²) >= 11 is 0. The maximum absolute atomic E-state index is 12.0. The Labute approximate surface area is 125 Å². The second-order valence-corrected chi connectivity index (χ2v) is 4.95. The molecule has 1 heterocycles. The molecule has 0 bridgehead atoms. The molecule has 2 rings (SSSR count). The average molecular weight is 293 g/mol. The Morgan fingerprint density at radius 3 is 2.57 bits per heavy atom. The van der Waals surface area contributed by atoms with Gasteiger partial charge in [0.25, 0.3) is 0 Å². The quantitative estimate of drug-likeness (QED) is 0.745. The second kappa shape index (κ2) is 8.49. The number of carbonyl (C=O) groups is 1. The van der Waals surface area contributed by atoms with E-state index in [1.807, 2.05) is 30.3 Å². The standard InChI is InChI=1S/C15H23N3O3/c19-12-11-17-7-9-18(10-8-17)15(20)16-6-13-21-14-4-2-1-3-5-14/h1-5,19H,6-13H2,(H,16,20). The molecule has 1 saturated heterocycles. The van der Waals surface area contributed by atoms with Gasteiger partial charge in [-0.1, -0.05) is 18.2 Å². The molecule has 0 aromatic heterocycles. The van der Waals surface area contributed by atoms with Gasteiger partial charge < -0.3 is 20.1 Å². The van der Waals surface area contributed by atoms with Gasteiger partial charge in [0.05, 0.1) is 13.2 Å². The lowest BCUT2D eigenvalue weighted by atomic mass is 10.3. The number of aliphatic hydroxyl groups is 1. The smallest absolute Gasteiger partial charge is 0.317 e. The normalized spacial score (nSPS) is 15.8. The molecule has 6 heteroatoms. The third-order valence-electron chi connectivity index (χ3n) is 3.47. The van der Waals surface area contributed by atoms with E-state index >= 15 is 0 Å². The van der Waals surface area contributed by atoms with Crippen molar-refractivity contribution in [3.05, 3.63) is 30.3 Å². The first-order valence-corrected chi connectivity index (χ1v) is 7.33. The first-order chi connectivity index (χ1) is 10.3. The van der Waals surface area contributed by atoms with E-state index in [1.165, 1.54) is 0 Å². The van der Waals surface area contributed by atoms with Crippen LogP contribution >= 0.6 is 0 Å². The number of carbonyl (C=O) groups excluding carboxylic acids is 1. The lowest BCUT2D eigenvalue weighted by Gasteiger charge is -2.34. The van der Waals surface area contributed by atoms with Crippen LogP contribution in [0, 0.1) is 0 Å². The largest absolute Gasteiger partial charge is 0.492 e. The summed E-state index contributed by atoms with van der Waals surface area (Å²) < 4.78 is 5.52.